The van der Waals surface area contributed by atoms with Gasteiger partial charge in [0.2, 0.25) is 0 Å². The van der Waals surface area contributed by atoms with E-state index in [9.17, 15) is 9.59 Å². The SMILES string of the molecule is Cn1cccc1/C=C1\C(=O)OC(=O)c2ccccc21. The molecule has 1 aliphatic rings. The Kier molecular flexibility index (Phi) is 2.56. The Morgan fingerprint density at radius 1 is 1.00 bits per heavy atom. The number of nitrogens with zero attached hydrogens (tertiary/aromatic N) is 1. The molecule has 2 aromatic rings. The molecule has 0 saturated carbocycles. The topological polar surface area (TPSA) is 48.3 Å². The van der Waals surface area contributed by atoms with Gasteiger partial charge in [-0.2, -0.15) is 0 Å². The van der Waals surface area contributed by atoms with Gasteiger partial charge >= 0.3 is 11.9 Å². The highest BCUT2D eigenvalue weighted by Gasteiger charge is 2.29. The van der Waals surface area contributed by atoms with Crippen molar-refractivity contribution in [2.45, 2.75) is 0 Å². The summed E-state index contributed by atoms with van der Waals surface area (Å²) in [5, 5.41) is 0. The van der Waals surface area contributed by atoms with E-state index in [0.717, 1.165) is 5.69 Å². The minimum atomic E-state index is -0.607. The summed E-state index contributed by atoms with van der Waals surface area (Å²) >= 11 is 0. The van der Waals surface area contributed by atoms with Gasteiger partial charge in [-0.3, -0.25) is 0 Å². The van der Waals surface area contributed by atoms with E-state index in [1.165, 1.54) is 0 Å². The van der Waals surface area contributed by atoms with Crippen molar-refractivity contribution in [3.05, 3.63) is 59.4 Å². The van der Waals surface area contributed by atoms with Crippen LogP contribution in [0.15, 0.2) is 42.6 Å². The van der Waals surface area contributed by atoms with Crippen LogP contribution in [-0.2, 0) is 16.6 Å². The van der Waals surface area contributed by atoms with Gasteiger partial charge in [-0.15, -0.1) is 0 Å². The number of cyclic esters (lactones) is 2. The van der Waals surface area contributed by atoms with Gasteiger partial charge in [-0.1, -0.05) is 18.2 Å². The van der Waals surface area contributed by atoms with Crippen LogP contribution in [0.25, 0.3) is 11.6 Å². The van der Waals surface area contributed by atoms with Crippen LogP contribution in [0.4, 0.5) is 0 Å². The molecule has 94 valence electrons. The zero-order valence-electron chi connectivity index (χ0n) is 10.3. The summed E-state index contributed by atoms with van der Waals surface area (Å²) in [7, 11) is 1.89. The van der Waals surface area contributed by atoms with Crippen molar-refractivity contribution in [1.82, 2.24) is 4.57 Å². The molecule has 2 heterocycles. The zero-order valence-corrected chi connectivity index (χ0v) is 10.3. The van der Waals surface area contributed by atoms with Crippen LogP contribution in [0.2, 0.25) is 0 Å². The summed E-state index contributed by atoms with van der Waals surface area (Å²) in [6.45, 7) is 0. The number of hydrogen-bond acceptors (Lipinski definition) is 3. The lowest BCUT2D eigenvalue weighted by Crippen LogP contribution is -2.21. The summed E-state index contributed by atoms with van der Waals surface area (Å²) in [5.74, 6) is -1.20. The minimum Gasteiger partial charge on any atom is -0.386 e. The highest BCUT2D eigenvalue weighted by Crippen LogP contribution is 2.28. The summed E-state index contributed by atoms with van der Waals surface area (Å²) in [6, 6.07) is 10.7. The van der Waals surface area contributed by atoms with Gasteiger partial charge in [0.15, 0.2) is 0 Å². The molecule has 1 aromatic carbocycles. The molecule has 0 saturated heterocycles. The van der Waals surface area contributed by atoms with Gasteiger partial charge in [0.1, 0.15) is 0 Å². The van der Waals surface area contributed by atoms with Crippen LogP contribution in [0.5, 0.6) is 0 Å². The van der Waals surface area contributed by atoms with Gasteiger partial charge in [0.25, 0.3) is 0 Å². The summed E-state index contributed by atoms with van der Waals surface area (Å²) in [4.78, 5) is 23.5. The number of fused-ring (bicyclic) bond motifs is 1. The normalized spacial score (nSPS) is 16.4. The summed E-state index contributed by atoms with van der Waals surface area (Å²) in [5.41, 5.74) is 2.31. The molecule has 0 atom stereocenters. The van der Waals surface area contributed by atoms with Crippen molar-refractivity contribution < 1.29 is 14.3 Å². The molecular weight excluding hydrogens is 242 g/mol. The molecule has 1 aromatic heterocycles. The Labute approximate surface area is 109 Å². The van der Waals surface area contributed by atoms with Crippen molar-refractivity contribution >= 4 is 23.6 Å². The number of carbonyl (C=O) groups is 2. The van der Waals surface area contributed by atoms with Crippen molar-refractivity contribution in [2.75, 3.05) is 0 Å². The lowest BCUT2D eigenvalue weighted by molar-refractivity contribution is -0.131. The van der Waals surface area contributed by atoms with Gasteiger partial charge in [0.05, 0.1) is 11.1 Å². The number of carbonyl (C=O) groups excluding carboxylic acids is 2. The first kappa shape index (κ1) is 11.5. The van der Waals surface area contributed by atoms with E-state index in [1.54, 1.807) is 30.3 Å². The lowest BCUT2D eigenvalue weighted by atomic mass is 9.96. The second-order valence-corrected chi connectivity index (χ2v) is 4.32. The Bertz CT molecular complexity index is 710. The van der Waals surface area contributed by atoms with E-state index in [4.69, 9.17) is 4.74 Å². The van der Waals surface area contributed by atoms with E-state index in [1.807, 2.05) is 29.9 Å². The number of benzene rings is 1. The fraction of sp³-hybridized carbons (Fsp3) is 0.0667. The molecule has 0 bridgehead atoms. The number of ether oxygens (including phenoxy) is 1. The van der Waals surface area contributed by atoms with Crippen molar-refractivity contribution in [1.29, 1.82) is 0 Å². The molecule has 3 rings (SSSR count). The highest BCUT2D eigenvalue weighted by atomic mass is 16.6. The number of aryl methyl sites for hydroxylation is 1. The monoisotopic (exact) mass is 253 g/mol. The number of rotatable bonds is 1. The molecule has 0 spiro atoms. The van der Waals surface area contributed by atoms with Crippen LogP contribution < -0.4 is 0 Å². The molecule has 19 heavy (non-hydrogen) atoms. The number of esters is 2. The van der Waals surface area contributed by atoms with E-state index < -0.39 is 11.9 Å². The van der Waals surface area contributed by atoms with Crippen molar-refractivity contribution in [2.24, 2.45) is 7.05 Å². The second-order valence-electron chi connectivity index (χ2n) is 4.32. The maximum absolute atomic E-state index is 11.9. The van der Waals surface area contributed by atoms with E-state index in [-0.39, 0.29) is 0 Å². The first-order valence-corrected chi connectivity index (χ1v) is 5.86. The quantitative estimate of drug-likeness (QED) is 0.445. The highest BCUT2D eigenvalue weighted by molar-refractivity contribution is 6.29. The third-order valence-corrected chi connectivity index (χ3v) is 3.12. The fourth-order valence-electron chi connectivity index (χ4n) is 2.11. The van der Waals surface area contributed by atoms with Crippen LogP contribution in [0.3, 0.4) is 0 Å². The molecule has 0 unspecified atom stereocenters. The second kappa shape index (κ2) is 4.24. The van der Waals surface area contributed by atoms with Crippen molar-refractivity contribution in [3.8, 4) is 0 Å². The largest absolute Gasteiger partial charge is 0.386 e. The maximum Gasteiger partial charge on any atom is 0.346 e. The Morgan fingerprint density at radius 3 is 2.42 bits per heavy atom. The van der Waals surface area contributed by atoms with Gasteiger partial charge in [0, 0.05) is 24.5 Å². The Hall–Kier alpha value is -2.62. The molecule has 4 nitrogen and oxygen atoms in total. The summed E-state index contributed by atoms with van der Waals surface area (Å²) < 4.78 is 6.65. The molecule has 0 amide bonds. The van der Waals surface area contributed by atoms with E-state index in [0.29, 0.717) is 16.7 Å². The molecule has 0 radical (unpaired) electrons. The fourth-order valence-corrected chi connectivity index (χ4v) is 2.11. The predicted octanol–water partition coefficient (Wildman–Crippen LogP) is 2.26. The zero-order chi connectivity index (χ0) is 13.4. The third kappa shape index (κ3) is 1.87. The van der Waals surface area contributed by atoms with E-state index in [2.05, 4.69) is 0 Å². The molecule has 4 heteroatoms. The molecule has 0 N–H and O–H groups in total. The first-order valence-electron chi connectivity index (χ1n) is 5.86. The molecular formula is C15H11NO3. The molecule has 1 aliphatic heterocycles. The number of hydrogen-bond donors (Lipinski definition) is 0. The Balaban J connectivity index is 2.19. The van der Waals surface area contributed by atoms with Gasteiger partial charge < -0.3 is 9.30 Å². The first-order chi connectivity index (χ1) is 9.16. The minimum absolute atomic E-state index is 0.400. The van der Waals surface area contributed by atoms with Gasteiger partial charge in [-0.25, -0.2) is 9.59 Å². The summed E-state index contributed by atoms with van der Waals surface area (Å²) in [6.07, 6.45) is 3.62. The van der Waals surface area contributed by atoms with Crippen molar-refractivity contribution in [3.63, 3.8) is 0 Å². The lowest BCUT2D eigenvalue weighted by Gasteiger charge is -2.16. The Morgan fingerprint density at radius 2 is 1.74 bits per heavy atom. The van der Waals surface area contributed by atoms with Crippen LogP contribution in [0, 0.1) is 0 Å². The average Bonchev–Trinajstić information content (AvgIpc) is 2.80. The molecule has 0 fully saturated rings. The number of aromatic nitrogens is 1. The van der Waals surface area contributed by atoms with Crippen LogP contribution >= 0.6 is 0 Å². The molecule has 0 aliphatic carbocycles. The van der Waals surface area contributed by atoms with Crippen LogP contribution in [0.1, 0.15) is 21.6 Å². The van der Waals surface area contributed by atoms with E-state index >= 15 is 0 Å². The maximum atomic E-state index is 11.9. The smallest absolute Gasteiger partial charge is 0.346 e. The average molecular weight is 253 g/mol. The van der Waals surface area contributed by atoms with Crippen LogP contribution in [-0.4, -0.2) is 16.5 Å². The van der Waals surface area contributed by atoms with Gasteiger partial charge in [-0.05, 0) is 24.3 Å². The standard InChI is InChI=1S/C15H11NO3/c1-16-8-4-5-10(16)9-13-11-6-2-3-7-12(11)14(17)19-15(13)18/h2-9H,1H3/b13-9-. The third-order valence-electron chi connectivity index (χ3n) is 3.12. The predicted molar refractivity (Wildman–Crippen MR) is 70.1 cm³/mol.